The lowest BCUT2D eigenvalue weighted by atomic mass is 9.67. The van der Waals surface area contributed by atoms with Crippen molar-refractivity contribution in [1.29, 1.82) is 0 Å². The average Bonchev–Trinajstić information content (AvgIpc) is 2.99. The van der Waals surface area contributed by atoms with Gasteiger partial charge in [0.15, 0.2) is 0 Å². The van der Waals surface area contributed by atoms with Crippen molar-refractivity contribution in [3.05, 3.63) is 23.9 Å². The first-order valence-electron chi connectivity index (χ1n) is 8.51. The molecule has 0 aliphatic heterocycles. The Morgan fingerprint density at radius 1 is 1.22 bits per heavy atom. The Labute approximate surface area is 135 Å². The number of fused-ring (bicyclic) bond motifs is 3. The fourth-order valence-corrected chi connectivity index (χ4v) is 4.54. The number of aromatic amines is 1. The number of aryl methyl sites for hydroxylation is 1. The average molecular weight is 313 g/mol. The van der Waals surface area contributed by atoms with Gasteiger partial charge < -0.3 is 10.4 Å². The summed E-state index contributed by atoms with van der Waals surface area (Å²) in [6, 6.07) is 3.96. The zero-order chi connectivity index (χ0) is 16.0. The molecule has 1 amide bonds. The molecule has 4 atom stereocenters. The lowest BCUT2D eigenvalue weighted by Crippen LogP contribution is -2.37. The number of carbonyl (C=O) groups excluding carboxylic acids is 1. The van der Waals surface area contributed by atoms with Crippen LogP contribution in [0.1, 0.15) is 37.7 Å². The molecule has 4 rings (SSSR count). The van der Waals surface area contributed by atoms with Crippen molar-refractivity contribution in [3.8, 4) is 0 Å². The van der Waals surface area contributed by atoms with Gasteiger partial charge in [-0.1, -0.05) is 6.07 Å². The number of aliphatic hydroxyl groups excluding tert-OH is 1. The second-order valence-corrected chi connectivity index (χ2v) is 7.34. The van der Waals surface area contributed by atoms with E-state index in [0.717, 1.165) is 47.8 Å². The Morgan fingerprint density at radius 2 is 1.96 bits per heavy atom. The second kappa shape index (κ2) is 5.64. The van der Waals surface area contributed by atoms with Crippen molar-refractivity contribution in [2.75, 3.05) is 5.32 Å². The highest BCUT2D eigenvalue weighted by atomic mass is 16.3. The van der Waals surface area contributed by atoms with Gasteiger partial charge in [-0.15, -0.1) is 0 Å². The van der Waals surface area contributed by atoms with Gasteiger partial charge in [-0.2, -0.15) is 5.10 Å². The predicted molar refractivity (Wildman–Crippen MR) is 89.0 cm³/mol. The van der Waals surface area contributed by atoms with Crippen LogP contribution in [0, 0.1) is 24.7 Å². The van der Waals surface area contributed by atoms with E-state index in [1.54, 1.807) is 6.20 Å². The van der Waals surface area contributed by atoms with Crippen LogP contribution in [0.15, 0.2) is 18.3 Å². The van der Waals surface area contributed by atoms with E-state index in [-0.39, 0.29) is 17.9 Å². The first kappa shape index (κ1) is 14.7. The van der Waals surface area contributed by atoms with Gasteiger partial charge in [-0.25, -0.2) is 0 Å². The van der Waals surface area contributed by atoms with Crippen molar-refractivity contribution in [1.82, 2.24) is 10.2 Å². The number of benzene rings is 1. The van der Waals surface area contributed by atoms with E-state index in [1.165, 1.54) is 6.42 Å². The first-order valence-corrected chi connectivity index (χ1v) is 8.51. The number of nitrogens with one attached hydrogen (secondary N) is 2. The number of anilines is 1. The summed E-state index contributed by atoms with van der Waals surface area (Å²) < 4.78 is 0. The van der Waals surface area contributed by atoms with Crippen molar-refractivity contribution < 1.29 is 9.90 Å². The molecule has 2 unspecified atom stereocenters. The third-order valence-corrected chi connectivity index (χ3v) is 5.58. The minimum atomic E-state index is -0.163. The molecule has 23 heavy (non-hydrogen) atoms. The predicted octanol–water partition coefficient (Wildman–Crippen LogP) is 3.00. The number of aliphatic hydroxyl groups is 1. The molecule has 1 aromatic carbocycles. The number of rotatable bonds is 2. The summed E-state index contributed by atoms with van der Waals surface area (Å²) >= 11 is 0. The Morgan fingerprint density at radius 3 is 2.70 bits per heavy atom. The molecular formula is C18H23N3O2. The summed E-state index contributed by atoms with van der Waals surface area (Å²) in [6.45, 7) is 2.04. The summed E-state index contributed by atoms with van der Waals surface area (Å²) in [7, 11) is 0. The monoisotopic (exact) mass is 313 g/mol. The molecule has 122 valence electrons. The van der Waals surface area contributed by atoms with Gasteiger partial charge in [-0.3, -0.25) is 9.89 Å². The largest absolute Gasteiger partial charge is 0.393 e. The van der Waals surface area contributed by atoms with E-state index in [0.29, 0.717) is 11.8 Å². The molecule has 2 saturated carbocycles. The van der Waals surface area contributed by atoms with Gasteiger partial charge in [-0.05, 0) is 62.5 Å². The lowest BCUT2D eigenvalue weighted by molar-refractivity contribution is -0.123. The van der Waals surface area contributed by atoms with E-state index in [1.807, 2.05) is 19.1 Å². The molecule has 5 heteroatoms. The molecule has 2 aliphatic carbocycles. The van der Waals surface area contributed by atoms with Crippen LogP contribution >= 0.6 is 0 Å². The fraction of sp³-hybridized carbons (Fsp3) is 0.556. The Hall–Kier alpha value is -1.88. The zero-order valence-electron chi connectivity index (χ0n) is 13.4. The molecule has 3 N–H and O–H groups in total. The molecule has 0 spiro atoms. The standard InChI is InChI=1S/C18H23N3O2/c1-10-2-3-16(17-15(10)9-19-21-17)20-18(23)13-5-11-4-12(6-13)8-14(22)7-11/h2-3,9,11-14,22H,4-8H2,1H3,(H,19,21)(H,20,23)/t11-,12+,13?,14?. The van der Waals surface area contributed by atoms with Crippen LogP contribution in [0.2, 0.25) is 0 Å². The molecule has 2 fully saturated rings. The van der Waals surface area contributed by atoms with Crippen molar-refractivity contribution >= 4 is 22.5 Å². The number of hydrogen-bond acceptors (Lipinski definition) is 3. The van der Waals surface area contributed by atoms with E-state index in [9.17, 15) is 9.90 Å². The van der Waals surface area contributed by atoms with Crippen molar-refractivity contribution in [2.24, 2.45) is 17.8 Å². The van der Waals surface area contributed by atoms with Gasteiger partial charge in [0, 0.05) is 11.3 Å². The second-order valence-electron chi connectivity index (χ2n) is 7.34. The van der Waals surface area contributed by atoms with Crippen LogP contribution < -0.4 is 5.32 Å². The van der Waals surface area contributed by atoms with Crippen LogP contribution in [0.25, 0.3) is 10.9 Å². The highest BCUT2D eigenvalue weighted by molar-refractivity contribution is 6.01. The van der Waals surface area contributed by atoms with Crippen molar-refractivity contribution in [2.45, 2.75) is 45.1 Å². The first-order chi connectivity index (χ1) is 11.1. The Bertz CT molecular complexity index is 721. The lowest BCUT2D eigenvalue weighted by Gasteiger charge is -2.40. The third-order valence-electron chi connectivity index (χ3n) is 5.58. The number of nitrogens with zero attached hydrogens (tertiary/aromatic N) is 1. The van der Waals surface area contributed by atoms with Gasteiger partial charge in [0.05, 0.1) is 23.5 Å². The topological polar surface area (TPSA) is 78.0 Å². The van der Waals surface area contributed by atoms with Crippen LogP contribution in [0.4, 0.5) is 5.69 Å². The maximum atomic E-state index is 12.7. The molecular weight excluding hydrogens is 290 g/mol. The number of aromatic nitrogens is 2. The van der Waals surface area contributed by atoms with E-state index in [4.69, 9.17) is 0 Å². The fourth-order valence-electron chi connectivity index (χ4n) is 4.54. The molecule has 1 heterocycles. The molecule has 2 aliphatic rings. The number of amides is 1. The van der Waals surface area contributed by atoms with Crippen molar-refractivity contribution in [3.63, 3.8) is 0 Å². The minimum Gasteiger partial charge on any atom is -0.393 e. The van der Waals surface area contributed by atoms with Gasteiger partial charge >= 0.3 is 0 Å². The summed E-state index contributed by atoms with van der Waals surface area (Å²) in [4.78, 5) is 12.7. The molecule has 2 bridgehead atoms. The molecule has 5 nitrogen and oxygen atoms in total. The smallest absolute Gasteiger partial charge is 0.227 e. The summed E-state index contributed by atoms with van der Waals surface area (Å²) in [5.41, 5.74) is 2.85. The summed E-state index contributed by atoms with van der Waals surface area (Å²) in [6.07, 6.45) is 6.33. The van der Waals surface area contributed by atoms with Gasteiger partial charge in [0.25, 0.3) is 0 Å². The quantitative estimate of drug-likeness (QED) is 0.797. The maximum absolute atomic E-state index is 12.7. The number of H-pyrrole nitrogens is 1. The van der Waals surface area contributed by atoms with Crippen LogP contribution in [0.3, 0.4) is 0 Å². The van der Waals surface area contributed by atoms with E-state index < -0.39 is 0 Å². The summed E-state index contributed by atoms with van der Waals surface area (Å²) in [5, 5.41) is 21.1. The van der Waals surface area contributed by atoms with E-state index >= 15 is 0 Å². The minimum absolute atomic E-state index is 0.0607. The SMILES string of the molecule is Cc1ccc(NC(=O)C2C[C@H]3CC(O)C[C@@H](C2)C3)c2[nH]ncc12. The Kier molecular flexibility index (Phi) is 3.60. The third kappa shape index (κ3) is 2.74. The molecule has 0 saturated heterocycles. The highest BCUT2D eigenvalue weighted by Gasteiger charge is 2.38. The number of carbonyl (C=O) groups is 1. The van der Waals surface area contributed by atoms with Crippen LogP contribution in [-0.2, 0) is 4.79 Å². The van der Waals surface area contributed by atoms with Gasteiger partial charge in [0.2, 0.25) is 5.91 Å². The molecule has 1 aromatic heterocycles. The maximum Gasteiger partial charge on any atom is 0.227 e. The van der Waals surface area contributed by atoms with Gasteiger partial charge in [0.1, 0.15) is 0 Å². The zero-order valence-corrected chi connectivity index (χ0v) is 13.4. The van der Waals surface area contributed by atoms with Crippen LogP contribution in [-0.4, -0.2) is 27.3 Å². The van der Waals surface area contributed by atoms with E-state index in [2.05, 4.69) is 15.5 Å². The Balaban J connectivity index is 1.51. The number of hydrogen-bond donors (Lipinski definition) is 3. The highest BCUT2D eigenvalue weighted by Crippen LogP contribution is 2.43. The molecule has 2 aromatic rings. The van der Waals surface area contributed by atoms with Crippen LogP contribution in [0.5, 0.6) is 0 Å². The normalized spacial score (nSPS) is 30.3. The molecule has 0 radical (unpaired) electrons. The summed E-state index contributed by atoms with van der Waals surface area (Å²) in [5.74, 6) is 1.17.